The number of nitrogens with zero attached hydrogens (tertiary/aromatic N) is 2. The molecular formula is C20H16N3O3S-. The molecule has 0 amide bonds. The minimum atomic E-state index is -0.204. The molecule has 0 aliphatic rings. The molecule has 3 aromatic carbocycles. The van der Waals surface area contributed by atoms with E-state index in [-0.39, 0.29) is 10.9 Å². The quantitative estimate of drug-likeness (QED) is 0.452. The molecule has 0 atom stereocenters. The molecule has 4 aromatic rings. The van der Waals surface area contributed by atoms with Crippen LogP contribution in [0.1, 0.15) is 0 Å². The van der Waals surface area contributed by atoms with Gasteiger partial charge in [-0.15, -0.1) is 11.3 Å². The highest BCUT2D eigenvalue weighted by atomic mass is 32.1. The van der Waals surface area contributed by atoms with Crippen molar-refractivity contribution in [3.05, 3.63) is 71.3 Å². The van der Waals surface area contributed by atoms with Crippen molar-refractivity contribution in [2.24, 2.45) is 0 Å². The highest BCUT2D eigenvalue weighted by Gasteiger charge is 2.10. The maximum Gasteiger partial charge on any atom is 0.187 e. The summed E-state index contributed by atoms with van der Waals surface area (Å²) in [6, 6.07) is 19.2. The Hall–Kier alpha value is -3.13. The molecule has 1 heterocycles. The molecule has 0 saturated carbocycles. The van der Waals surface area contributed by atoms with Gasteiger partial charge in [0.05, 0.1) is 18.5 Å². The van der Waals surface area contributed by atoms with Gasteiger partial charge in [0.1, 0.15) is 5.75 Å². The topological polar surface area (TPSA) is 80.7 Å². The standard InChI is InChI=1S/C20H16N3O3S/c1-26-19-10-9-14(11-18(19)23(24)25)17-12-27-20(22-17)21-16-8-4-6-13-5-2-3-7-15(13)16/h2-12,24H,1H3,(H,21,22)/q-1. The Morgan fingerprint density at radius 1 is 1.11 bits per heavy atom. The van der Waals surface area contributed by atoms with Crippen molar-refractivity contribution in [2.45, 2.75) is 0 Å². The van der Waals surface area contributed by atoms with Crippen LogP contribution >= 0.6 is 11.3 Å². The summed E-state index contributed by atoms with van der Waals surface area (Å²) < 4.78 is 5.09. The number of methoxy groups -OCH3 is 1. The molecule has 2 N–H and O–H groups in total. The average molecular weight is 378 g/mol. The van der Waals surface area contributed by atoms with Crippen LogP contribution in [0.4, 0.5) is 16.5 Å². The fourth-order valence-corrected chi connectivity index (χ4v) is 3.64. The zero-order valence-electron chi connectivity index (χ0n) is 14.4. The highest BCUT2D eigenvalue weighted by Crippen LogP contribution is 2.35. The molecule has 0 saturated heterocycles. The molecule has 7 heteroatoms. The molecule has 4 rings (SSSR count). The minimum Gasteiger partial charge on any atom is -0.733 e. The van der Waals surface area contributed by atoms with Crippen molar-refractivity contribution < 1.29 is 9.94 Å². The predicted octanol–water partition coefficient (Wildman–Crippen LogP) is 5.41. The van der Waals surface area contributed by atoms with Gasteiger partial charge in [0.15, 0.2) is 5.13 Å². The van der Waals surface area contributed by atoms with Crippen LogP contribution in [-0.2, 0) is 0 Å². The zero-order chi connectivity index (χ0) is 18.8. The summed E-state index contributed by atoms with van der Waals surface area (Å²) in [6.45, 7) is 0. The van der Waals surface area contributed by atoms with E-state index in [2.05, 4.69) is 28.5 Å². The Morgan fingerprint density at radius 2 is 1.93 bits per heavy atom. The molecule has 6 nitrogen and oxygen atoms in total. The van der Waals surface area contributed by atoms with Crippen LogP contribution in [-0.4, -0.2) is 17.3 Å². The van der Waals surface area contributed by atoms with E-state index in [1.807, 2.05) is 29.6 Å². The van der Waals surface area contributed by atoms with Gasteiger partial charge < -0.3 is 20.5 Å². The van der Waals surface area contributed by atoms with Gasteiger partial charge in [-0.25, -0.2) is 4.98 Å². The number of fused-ring (bicyclic) bond motifs is 1. The van der Waals surface area contributed by atoms with E-state index < -0.39 is 0 Å². The van der Waals surface area contributed by atoms with Crippen LogP contribution < -0.4 is 15.3 Å². The van der Waals surface area contributed by atoms with Crippen LogP contribution in [0.5, 0.6) is 5.75 Å². The molecule has 0 aliphatic heterocycles. The second-order valence-electron chi connectivity index (χ2n) is 5.85. The largest absolute Gasteiger partial charge is 0.733 e. The molecular weight excluding hydrogens is 362 g/mol. The number of ether oxygens (including phenoxy) is 1. The van der Waals surface area contributed by atoms with E-state index in [0.29, 0.717) is 17.0 Å². The third-order valence-electron chi connectivity index (χ3n) is 4.22. The maximum absolute atomic E-state index is 11.3. The lowest BCUT2D eigenvalue weighted by molar-refractivity contribution is 0.290. The van der Waals surface area contributed by atoms with Crippen LogP contribution in [0.25, 0.3) is 22.0 Å². The van der Waals surface area contributed by atoms with Gasteiger partial charge in [-0.05, 0) is 29.7 Å². The SMILES string of the molecule is COc1ccc(-c2csc(Nc3cccc4ccccc34)n2)cc1N([O-])O. The fourth-order valence-electron chi connectivity index (χ4n) is 2.91. The van der Waals surface area contributed by atoms with E-state index in [4.69, 9.17) is 4.74 Å². The Balaban J connectivity index is 1.65. The summed E-state index contributed by atoms with van der Waals surface area (Å²) in [4.78, 5) is 4.60. The van der Waals surface area contributed by atoms with Crippen LogP contribution in [0.2, 0.25) is 0 Å². The molecule has 27 heavy (non-hydrogen) atoms. The first-order chi connectivity index (χ1) is 13.2. The molecule has 0 fully saturated rings. The Morgan fingerprint density at radius 3 is 2.74 bits per heavy atom. The third-order valence-corrected chi connectivity index (χ3v) is 4.97. The second kappa shape index (κ2) is 7.24. The first-order valence-electron chi connectivity index (χ1n) is 8.20. The first kappa shape index (κ1) is 17.3. The van der Waals surface area contributed by atoms with Gasteiger partial charge >= 0.3 is 0 Å². The van der Waals surface area contributed by atoms with Crippen molar-refractivity contribution >= 4 is 38.6 Å². The summed E-state index contributed by atoms with van der Waals surface area (Å²) in [6.07, 6.45) is 0. The van der Waals surface area contributed by atoms with Gasteiger partial charge in [-0.2, -0.15) is 0 Å². The number of anilines is 3. The van der Waals surface area contributed by atoms with Crippen LogP contribution in [0.3, 0.4) is 0 Å². The summed E-state index contributed by atoms with van der Waals surface area (Å²) in [5.74, 6) is 0.292. The normalized spacial score (nSPS) is 10.8. The van der Waals surface area contributed by atoms with Crippen molar-refractivity contribution in [3.8, 4) is 17.0 Å². The molecule has 1 aromatic heterocycles. The van der Waals surface area contributed by atoms with E-state index in [1.165, 1.54) is 18.4 Å². The number of thiazole rings is 1. The Kier molecular flexibility index (Phi) is 4.64. The summed E-state index contributed by atoms with van der Waals surface area (Å²) >= 11 is 1.46. The summed E-state index contributed by atoms with van der Waals surface area (Å²) in [5, 5.41) is 28.7. The Bertz CT molecular complexity index is 1090. The number of rotatable bonds is 5. The van der Waals surface area contributed by atoms with Gasteiger partial charge in [0, 0.05) is 22.0 Å². The molecule has 0 bridgehead atoms. The maximum atomic E-state index is 11.3. The number of hydrogen-bond donors (Lipinski definition) is 2. The molecule has 0 radical (unpaired) electrons. The number of nitrogens with one attached hydrogen (secondary N) is 1. The number of hydrogen-bond acceptors (Lipinski definition) is 7. The van der Waals surface area contributed by atoms with Crippen molar-refractivity contribution in [1.29, 1.82) is 0 Å². The van der Waals surface area contributed by atoms with Gasteiger partial charge in [-0.3, -0.25) is 5.21 Å². The minimum absolute atomic E-state index is 0.0339. The lowest BCUT2D eigenvalue weighted by Gasteiger charge is -2.24. The highest BCUT2D eigenvalue weighted by molar-refractivity contribution is 7.14. The van der Waals surface area contributed by atoms with Gasteiger partial charge in [0.2, 0.25) is 0 Å². The second-order valence-corrected chi connectivity index (χ2v) is 6.71. The van der Waals surface area contributed by atoms with E-state index in [1.54, 1.807) is 18.2 Å². The lowest BCUT2D eigenvalue weighted by Crippen LogP contribution is -2.08. The Labute approximate surface area is 159 Å². The summed E-state index contributed by atoms with van der Waals surface area (Å²) in [5.41, 5.74) is 2.42. The van der Waals surface area contributed by atoms with E-state index in [0.717, 1.165) is 21.6 Å². The van der Waals surface area contributed by atoms with Gasteiger partial charge in [-0.1, -0.05) is 36.4 Å². The van der Waals surface area contributed by atoms with Gasteiger partial charge in [0.25, 0.3) is 0 Å². The number of benzene rings is 3. The summed E-state index contributed by atoms with van der Waals surface area (Å²) in [7, 11) is 1.44. The van der Waals surface area contributed by atoms with Crippen molar-refractivity contribution in [1.82, 2.24) is 4.98 Å². The molecule has 0 unspecified atom stereocenters. The van der Waals surface area contributed by atoms with E-state index >= 15 is 0 Å². The van der Waals surface area contributed by atoms with Crippen LogP contribution in [0.15, 0.2) is 66.0 Å². The predicted molar refractivity (Wildman–Crippen MR) is 109 cm³/mol. The number of aromatic nitrogens is 1. The fraction of sp³-hybridized carbons (Fsp3) is 0.0500. The monoisotopic (exact) mass is 378 g/mol. The van der Waals surface area contributed by atoms with Crippen molar-refractivity contribution in [3.63, 3.8) is 0 Å². The third kappa shape index (κ3) is 3.43. The zero-order valence-corrected chi connectivity index (χ0v) is 15.2. The smallest absolute Gasteiger partial charge is 0.187 e. The first-order valence-corrected chi connectivity index (χ1v) is 9.08. The van der Waals surface area contributed by atoms with Crippen molar-refractivity contribution in [2.75, 3.05) is 17.7 Å². The lowest BCUT2D eigenvalue weighted by atomic mass is 10.1. The molecule has 136 valence electrons. The average Bonchev–Trinajstić information content (AvgIpc) is 3.16. The van der Waals surface area contributed by atoms with Crippen LogP contribution in [0, 0.1) is 5.21 Å². The van der Waals surface area contributed by atoms with E-state index in [9.17, 15) is 10.4 Å². The molecule has 0 spiro atoms. The molecule has 0 aliphatic carbocycles.